The van der Waals surface area contributed by atoms with Gasteiger partial charge in [-0.1, -0.05) is 12.1 Å². The molecule has 0 aliphatic rings. The molecule has 1 heterocycles. The lowest BCUT2D eigenvalue weighted by Gasteiger charge is -2.16. The minimum absolute atomic E-state index is 0. The predicted octanol–water partition coefficient (Wildman–Crippen LogP) is 2.43. The van der Waals surface area contributed by atoms with Crippen LogP contribution in [-0.2, 0) is 13.6 Å². The minimum Gasteiger partial charge on any atom is -0.435 e. The van der Waals surface area contributed by atoms with Gasteiger partial charge in [-0.3, -0.25) is 4.68 Å². The number of aliphatic imine (C=N–C) groups is 1. The first kappa shape index (κ1) is 23.1. The molecule has 0 saturated heterocycles. The quantitative estimate of drug-likeness (QED) is 0.298. The fraction of sp³-hybridized carbons (Fsp3) is 0.412. The summed E-state index contributed by atoms with van der Waals surface area (Å²) in [6, 6.07) is 7.76. The van der Waals surface area contributed by atoms with Gasteiger partial charge in [-0.15, -0.1) is 24.0 Å². The Morgan fingerprint density at radius 1 is 1.26 bits per heavy atom. The lowest BCUT2D eigenvalue weighted by molar-refractivity contribution is -0.0498. The number of aryl methyl sites for hydroxylation is 1. The highest BCUT2D eigenvalue weighted by atomic mass is 127. The molecule has 0 bridgehead atoms. The molecule has 150 valence electrons. The fourth-order valence-corrected chi connectivity index (χ4v) is 2.24. The largest absolute Gasteiger partial charge is 0.435 e. The van der Waals surface area contributed by atoms with Gasteiger partial charge in [-0.05, 0) is 30.7 Å². The van der Waals surface area contributed by atoms with Crippen LogP contribution < -0.4 is 15.4 Å². The topological polar surface area (TPSA) is 83.7 Å². The molecule has 1 unspecified atom stereocenters. The van der Waals surface area contributed by atoms with Gasteiger partial charge < -0.3 is 20.5 Å². The van der Waals surface area contributed by atoms with E-state index in [0.29, 0.717) is 24.6 Å². The summed E-state index contributed by atoms with van der Waals surface area (Å²) >= 11 is 0. The van der Waals surface area contributed by atoms with Crippen molar-refractivity contribution in [3.8, 4) is 5.75 Å². The normalized spacial score (nSPS) is 12.4. The van der Waals surface area contributed by atoms with E-state index in [1.54, 1.807) is 23.0 Å². The summed E-state index contributed by atoms with van der Waals surface area (Å²) in [5.74, 6) is 0.611. The number of hydrogen-bond donors (Lipinski definition) is 3. The number of aliphatic hydroxyl groups is 1. The molecular weight excluding hydrogens is 471 g/mol. The van der Waals surface area contributed by atoms with Crippen LogP contribution in [0.25, 0.3) is 0 Å². The number of aliphatic hydroxyl groups excluding tert-OH is 1. The van der Waals surface area contributed by atoms with Crippen LogP contribution in [0.1, 0.15) is 24.3 Å². The zero-order valence-corrected chi connectivity index (χ0v) is 17.4. The van der Waals surface area contributed by atoms with Crippen LogP contribution >= 0.6 is 24.0 Å². The molecule has 7 nitrogen and oxygen atoms in total. The second-order valence-electron chi connectivity index (χ2n) is 5.49. The van der Waals surface area contributed by atoms with E-state index < -0.39 is 12.7 Å². The molecule has 27 heavy (non-hydrogen) atoms. The summed E-state index contributed by atoms with van der Waals surface area (Å²) in [7, 11) is 1.84. The number of aromatic nitrogens is 2. The van der Waals surface area contributed by atoms with Crippen LogP contribution in [0.3, 0.4) is 0 Å². The Labute approximate surface area is 173 Å². The number of guanidine groups is 1. The Morgan fingerprint density at radius 3 is 2.52 bits per heavy atom. The minimum atomic E-state index is -2.87. The molecule has 0 fully saturated rings. The fourth-order valence-electron chi connectivity index (χ4n) is 2.24. The Bertz CT molecular complexity index is 710. The van der Waals surface area contributed by atoms with E-state index >= 15 is 0 Å². The molecule has 1 aromatic heterocycles. The first-order valence-electron chi connectivity index (χ1n) is 8.21. The van der Waals surface area contributed by atoms with E-state index in [-0.39, 0.29) is 36.3 Å². The lowest BCUT2D eigenvalue weighted by atomic mass is 10.1. The number of ether oxygens (including phenoxy) is 1. The van der Waals surface area contributed by atoms with Gasteiger partial charge in [0, 0.05) is 26.3 Å². The van der Waals surface area contributed by atoms with Gasteiger partial charge in [0.05, 0.1) is 18.3 Å². The number of nitrogens with one attached hydrogen (secondary N) is 2. The summed E-state index contributed by atoms with van der Waals surface area (Å²) in [5, 5.41) is 20.5. The molecule has 3 N–H and O–H groups in total. The van der Waals surface area contributed by atoms with Crippen molar-refractivity contribution in [2.75, 3.05) is 13.1 Å². The second-order valence-corrected chi connectivity index (χ2v) is 5.49. The summed E-state index contributed by atoms with van der Waals surface area (Å²) in [6.07, 6.45) is 0.882. The Kier molecular flexibility index (Phi) is 10.0. The van der Waals surface area contributed by atoms with Crippen molar-refractivity contribution in [1.82, 2.24) is 20.4 Å². The van der Waals surface area contributed by atoms with Gasteiger partial charge in [0.15, 0.2) is 5.96 Å². The van der Waals surface area contributed by atoms with Crippen molar-refractivity contribution in [1.29, 1.82) is 0 Å². The molecule has 0 amide bonds. The molecule has 2 rings (SSSR count). The van der Waals surface area contributed by atoms with E-state index in [1.807, 2.05) is 20.0 Å². The maximum absolute atomic E-state index is 12.2. The first-order valence-corrected chi connectivity index (χ1v) is 8.21. The highest BCUT2D eigenvalue weighted by Gasteiger charge is 2.10. The highest BCUT2D eigenvalue weighted by Crippen LogP contribution is 2.18. The Morgan fingerprint density at radius 2 is 1.96 bits per heavy atom. The average molecular weight is 495 g/mol. The lowest BCUT2D eigenvalue weighted by Crippen LogP contribution is -2.39. The van der Waals surface area contributed by atoms with Crippen molar-refractivity contribution in [2.45, 2.75) is 26.2 Å². The van der Waals surface area contributed by atoms with E-state index in [4.69, 9.17) is 0 Å². The van der Waals surface area contributed by atoms with E-state index in [0.717, 1.165) is 5.69 Å². The molecule has 0 saturated carbocycles. The third kappa shape index (κ3) is 7.67. The summed E-state index contributed by atoms with van der Waals surface area (Å²) < 4.78 is 30.3. The van der Waals surface area contributed by atoms with Crippen molar-refractivity contribution < 1.29 is 18.6 Å². The molecule has 0 aliphatic heterocycles. The van der Waals surface area contributed by atoms with Gasteiger partial charge in [-0.25, -0.2) is 4.99 Å². The van der Waals surface area contributed by atoms with Crippen molar-refractivity contribution in [3.63, 3.8) is 0 Å². The molecule has 1 atom stereocenters. The number of benzene rings is 1. The van der Waals surface area contributed by atoms with Gasteiger partial charge in [0.25, 0.3) is 0 Å². The van der Waals surface area contributed by atoms with Crippen LogP contribution in [0.2, 0.25) is 0 Å². The third-order valence-electron chi connectivity index (χ3n) is 3.62. The number of hydrogen-bond acceptors (Lipinski definition) is 4. The smallest absolute Gasteiger partial charge is 0.387 e. The van der Waals surface area contributed by atoms with Crippen LogP contribution in [0.4, 0.5) is 8.78 Å². The molecule has 0 spiro atoms. The average Bonchev–Trinajstić information content (AvgIpc) is 3.02. The Hall–Kier alpha value is -1.95. The van der Waals surface area contributed by atoms with Gasteiger partial charge in [-0.2, -0.15) is 13.9 Å². The third-order valence-corrected chi connectivity index (χ3v) is 3.62. The maximum atomic E-state index is 12.2. The van der Waals surface area contributed by atoms with E-state index in [1.165, 1.54) is 12.1 Å². The predicted molar refractivity (Wildman–Crippen MR) is 109 cm³/mol. The first-order chi connectivity index (χ1) is 12.5. The molecule has 1 aromatic carbocycles. The standard InChI is InChI=1S/C17H23F2N5O2.HI/c1-3-20-17(21-10-13-8-9-23-24(13)2)22-11-15(25)12-4-6-14(7-5-12)26-16(18)19;/h4-9,15-16,25H,3,10-11H2,1-2H3,(H2,20,21,22);1H. The summed E-state index contributed by atoms with van der Waals surface area (Å²) in [5.41, 5.74) is 1.54. The highest BCUT2D eigenvalue weighted by molar-refractivity contribution is 14.0. The van der Waals surface area contributed by atoms with Crippen LogP contribution in [-0.4, -0.2) is 40.5 Å². The van der Waals surface area contributed by atoms with Gasteiger partial charge in [0.1, 0.15) is 5.75 Å². The van der Waals surface area contributed by atoms with Gasteiger partial charge in [0.2, 0.25) is 0 Å². The zero-order valence-electron chi connectivity index (χ0n) is 15.1. The van der Waals surface area contributed by atoms with Crippen LogP contribution in [0.5, 0.6) is 5.75 Å². The molecule has 0 radical (unpaired) electrons. The van der Waals surface area contributed by atoms with E-state index in [2.05, 4.69) is 25.5 Å². The van der Waals surface area contributed by atoms with Crippen molar-refractivity contribution in [2.24, 2.45) is 12.0 Å². The SMILES string of the molecule is CCNC(=NCc1ccnn1C)NCC(O)c1ccc(OC(F)F)cc1.I. The molecular formula is C17H24F2IN5O2. The summed E-state index contributed by atoms with van der Waals surface area (Å²) in [4.78, 5) is 4.45. The van der Waals surface area contributed by atoms with Crippen molar-refractivity contribution in [3.05, 3.63) is 47.8 Å². The second kappa shape index (κ2) is 11.7. The van der Waals surface area contributed by atoms with Crippen molar-refractivity contribution >= 4 is 29.9 Å². The van der Waals surface area contributed by atoms with E-state index in [9.17, 15) is 13.9 Å². The molecule has 2 aromatic rings. The molecule has 0 aliphatic carbocycles. The zero-order chi connectivity index (χ0) is 18.9. The summed E-state index contributed by atoms with van der Waals surface area (Å²) in [6.45, 7) is 0.408. The van der Waals surface area contributed by atoms with Gasteiger partial charge >= 0.3 is 6.61 Å². The monoisotopic (exact) mass is 495 g/mol. The molecule has 10 heteroatoms. The van der Waals surface area contributed by atoms with Crippen LogP contribution in [0, 0.1) is 0 Å². The number of nitrogens with zero attached hydrogens (tertiary/aromatic N) is 3. The number of halogens is 3. The maximum Gasteiger partial charge on any atom is 0.387 e. The number of rotatable bonds is 8. The van der Waals surface area contributed by atoms with Crippen LogP contribution in [0.15, 0.2) is 41.5 Å². The number of alkyl halides is 2. The Balaban J connectivity index is 0.00000364.